The van der Waals surface area contributed by atoms with Crippen LogP contribution in [0.2, 0.25) is 0 Å². The first kappa shape index (κ1) is 28.1. The highest BCUT2D eigenvalue weighted by Crippen LogP contribution is 2.44. The zero-order valence-corrected chi connectivity index (χ0v) is 23.5. The summed E-state index contributed by atoms with van der Waals surface area (Å²) in [6, 6.07) is 11.3. The summed E-state index contributed by atoms with van der Waals surface area (Å²) in [7, 11) is 4.79. The van der Waals surface area contributed by atoms with Crippen LogP contribution in [0.25, 0.3) is 10.9 Å². The zero-order valence-electron chi connectivity index (χ0n) is 22.7. The molecule has 1 aromatic heterocycles. The summed E-state index contributed by atoms with van der Waals surface area (Å²) in [5.41, 5.74) is 2.07. The van der Waals surface area contributed by atoms with Crippen LogP contribution in [0.5, 0.6) is 17.2 Å². The second-order valence-corrected chi connectivity index (χ2v) is 10.9. The fourth-order valence-corrected chi connectivity index (χ4v) is 6.14. The van der Waals surface area contributed by atoms with Crippen LogP contribution in [0.1, 0.15) is 49.3 Å². The van der Waals surface area contributed by atoms with E-state index < -0.39 is 5.41 Å². The molecule has 1 unspecified atom stereocenters. The average Bonchev–Trinajstić information content (AvgIpc) is 3.37. The Morgan fingerprint density at radius 3 is 2.42 bits per heavy atom. The molecule has 204 valence electrons. The number of halogens is 1. The maximum absolute atomic E-state index is 13.6. The van der Waals surface area contributed by atoms with Gasteiger partial charge < -0.3 is 19.1 Å². The van der Waals surface area contributed by atoms with Gasteiger partial charge in [0.25, 0.3) is 0 Å². The van der Waals surface area contributed by atoms with Gasteiger partial charge in [0.1, 0.15) is 5.82 Å². The number of hydrogen-bond acceptors (Lipinski definition) is 7. The third-order valence-electron chi connectivity index (χ3n) is 7.78. The molecule has 1 aliphatic heterocycles. The second kappa shape index (κ2) is 12.7. The number of ether oxygens (including phenoxy) is 3. The van der Waals surface area contributed by atoms with Gasteiger partial charge in [0.05, 0.1) is 38.3 Å². The zero-order chi connectivity index (χ0) is 27.1. The fraction of sp³-hybridized carbons (Fsp3) is 0.517. The number of fused-ring (bicyclic) bond motifs is 1. The summed E-state index contributed by atoms with van der Waals surface area (Å²) >= 11 is 1.75. The van der Waals surface area contributed by atoms with Gasteiger partial charge in [-0.15, -0.1) is 0 Å². The minimum absolute atomic E-state index is 0.261. The maximum Gasteiger partial charge on any atom is 0.203 e. The van der Waals surface area contributed by atoms with Crippen LogP contribution in [-0.4, -0.2) is 68.1 Å². The van der Waals surface area contributed by atoms with Gasteiger partial charge in [0.2, 0.25) is 5.75 Å². The molecule has 9 heteroatoms. The Hall–Kier alpha value is -2.96. The van der Waals surface area contributed by atoms with E-state index in [1.807, 2.05) is 18.2 Å². The minimum Gasteiger partial charge on any atom is -0.493 e. The fourth-order valence-electron chi connectivity index (χ4n) is 5.59. The van der Waals surface area contributed by atoms with Crippen molar-refractivity contribution >= 4 is 22.7 Å². The number of thioether (sulfide) groups is 1. The number of rotatable bonds is 12. The van der Waals surface area contributed by atoms with Gasteiger partial charge in [0, 0.05) is 23.1 Å². The molecule has 2 heterocycles. The molecule has 0 saturated carbocycles. The number of nitriles is 1. The Morgan fingerprint density at radius 2 is 1.82 bits per heavy atom. The van der Waals surface area contributed by atoms with Crippen molar-refractivity contribution in [3.63, 3.8) is 0 Å². The van der Waals surface area contributed by atoms with Crippen LogP contribution in [0.15, 0.2) is 30.3 Å². The summed E-state index contributed by atoms with van der Waals surface area (Å²) in [5, 5.41) is 19.0. The normalized spacial score (nSPS) is 16.2. The molecule has 0 bridgehead atoms. The topological polar surface area (TPSA) is 83.4 Å². The third kappa shape index (κ3) is 5.87. The maximum atomic E-state index is 13.6. The smallest absolute Gasteiger partial charge is 0.203 e. The number of aromatic nitrogens is 2. The Bertz CT molecular complexity index is 1240. The van der Waals surface area contributed by atoms with Crippen LogP contribution < -0.4 is 14.2 Å². The van der Waals surface area contributed by atoms with Crippen molar-refractivity contribution in [1.29, 1.82) is 5.26 Å². The van der Waals surface area contributed by atoms with Gasteiger partial charge in [0.15, 0.2) is 11.5 Å². The first-order valence-corrected chi connectivity index (χ1v) is 14.4. The number of benzene rings is 2. The van der Waals surface area contributed by atoms with E-state index in [1.165, 1.54) is 12.1 Å². The number of likely N-dealkylation sites (tertiary alicyclic amines) is 1. The molecule has 1 fully saturated rings. The van der Waals surface area contributed by atoms with Gasteiger partial charge in [-0.1, -0.05) is 0 Å². The number of piperidine rings is 1. The summed E-state index contributed by atoms with van der Waals surface area (Å²) < 4.78 is 30.2. The highest BCUT2D eigenvalue weighted by atomic mass is 32.2. The molecule has 1 aliphatic rings. The molecule has 0 spiro atoms. The van der Waals surface area contributed by atoms with Crippen molar-refractivity contribution in [1.82, 2.24) is 15.1 Å². The lowest BCUT2D eigenvalue weighted by molar-refractivity contribution is 0.203. The second-order valence-electron chi connectivity index (χ2n) is 9.87. The highest BCUT2D eigenvalue weighted by molar-refractivity contribution is 7.98. The van der Waals surface area contributed by atoms with Crippen LogP contribution in [-0.2, 0) is 5.41 Å². The third-order valence-corrected chi connectivity index (χ3v) is 8.40. The van der Waals surface area contributed by atoms with Gasteiger partial charge in [-0.05, 0) is 93.6 Å². The van der Waals surface area contributed by atoms with E-state index in [-0.39, 0.29) is 5.82 Å². The van der Waals surface area contributed by atoms with Gasteiger partial charge >= 0.3 is 0 Å². The minimum atomic E-state index is -0.641. The van der Waals surface area contributed by atoms with E-state index >= 15 is 0 Å². The van der Waals surface area contributed by atoms with Crippen molar-refractivity contribution in [2.75, 3.05) is 53.0 Å². The molecular formula is C29H37FN4O3S. The number of aromatic amines is 1. The van der Waals surface area contributed by atoms with Gasteiger partial charge in [-0.3, -0.25) is 5.10 Å². The number of nitrogens with zero attached hydrogens (tertiary/aromatic N) is 3. The van der Waals surface area contributed by atoms with E-state index in [1.54, 1.807) is 33.1 Å². The average molecular weight is 541 g/mol. The number of hydrogen-bond donors (Lipinski definition) is 1. The molecule has 1 N–H and O–H groups in total. The monoisotopic (exact) mass is 540 g/mol. The summed E-state index contributed by atoms with van der Waals surface area (Å²) in [6.45, 7) is 2.91. The predicted molar refractivity (Wildman–Crippen MR) is 150 cm³/mol. The Balaban J connectivity index is 1.42. The Labute approximate surface area is 228 Å². The van der Waals surface area contributed by atoms with Crippen LogP contribution in [0, 0.1) is 17.1 Å². The van der Waals surface area contributed by atoms with Crippen LogP contribution in [0.4, 0.5) is 4.39 Å². The molecule has 1 atom stereocenters. The van der Waals surface area contributed by atoms with Crippen molar-refractivity contribution in [2.24, 2.45) is 0 Å². The lowest BCUT2D eigenvalue weighted by Gasteiger charge is -2.33. The Morgan fingerprint density at radius 1 is 1.11 bits per heavy atom. The predicted octanol–water partition coefficient (Wildman–Crippen LogP) is 5.90. The quantitative estimate of drug-likeness (QED) is 0.306. The van der Waals surface area contributed by atoms with E-state index in [0.29, 0.717) is 28.7 Å². The summed E-state index contributed by atoms with van der Waals surface area (Å²) in [6.07, 6.45) is 6.53. The van der Waals surface area contributed by atoms with Crippen LogP contribution in [0.3, 0.4) is 0 Å². The molecule has 38 heavy (non-hydrogen) atoms. The molecule has 7 nitrogen and oxygen atoms in total. The molecule has 2 aromatic carbocycles. The number of H-pyrrole nitrogens is 1. The SMILES string of the molecule is COc1cc(C(C#N)(CCCN2CCC(c3[nH]nc4cc(F)ccc34)CC2)CCSC)cc(OC)c1OC. The molecule has 1 saturated heterocycles. The first-order valence-electron chi connectivity index (χ1n) is 13.0. The van der Waals surface area contributed by atoms with Gasteiger partial charge in [-0.25, -0.2) is 4.39 Å². The molecule has 0 amide bonds. The summed E-state index contributed by atoms with van der Waals surface area (Å²) in [4.78, 5) is 2.49. The van der Waals surface area contributed by atoms with Crippen molar-refractivity contribution in [2.45, 2.75) is 43.4 Å². The van der Waals surface area contributed by atoms with Crippen molar-refractivity contribution in [3.05, 3.63) is 47.4 Å². The standard InChI is InChI=1S/C29H37FN4O3S/c1-35-25-16-21(17-26(36-2)28(25)37-3)29(19-31,11-15-38-4)10-5-12-34-13-8-20(9-14-34)27-23-7-6-22(30)18-24(23)32-33-27/h6-7,16-18,20H,5,8-15H2,1-4H3,(H,32,33). The van der Waals surface area contributed by atoms with Crippen molar-refractivity contribution < 1.29 is 18.6 Å². The highest BCUT2D eigenvalue weighted by Gasteiger charge is 2.34. The largest absolute Gasteiger partial charge is 0.493 e. The molecule has 0 radical (unpaired) electrons. The number of methoxy groups -OCH3 is 3. The lowest BCUT2D eigenvalue weighted by Crippen LogP contribution is -2.35. The molecule has 0 aliphatic carbocycles. The van der Waals surface area contributed by atoms with E-state index in [0.717, 1.165) is 74.1 Å². The van der Waals surface area contributed by atoms with Gasteiger partial charge in [-0.2, -0.15) is 22.1 Å². The molecular weight excluding hydrogens is 503 g/mol. The van der Waals surface area contributed by atoms with E-state index in [4.69, 9.17) is 14.2 Å². The molecule has 4 rings (SSSR count). The lowest BCUT2D eigenvalue weighted by atomic mass is 9.75. The molecule has 3 aromatic rings. The summed E-state index contributed by atoms with van der Waals surface area (Å²) in [5.74, 6) is 2.69. The van der Waals surface area contributed by atoms with E-state index in [2.05, 4.69) is 27.4 Å². The van der Waals surface area contributed by atoms with E-state index in [9.17, 15) is 9.65 Å². The van der Waals surface area contributed by atoms with Crippen LogP contribution >= 0.6 is 11.8 Å². The number of nitrogens with one attached hydrogen (secondary N) is 1. The van der Waals surface area contributed by atoms with Crippen molar-refractivity contribution in [3.8, 4) is 23.3 Å². The Kier molecular flexibility index (Phi) is 9.40. The first-order chi connectivity index (χ1) is 18.5.